The second kappa shape index (κ2) is 6.65. The fourth-order valence-electron chi connectivity index (χ4n) is 1.35. The average molecular weight is 235 g/mol. The molecule has 0 aliphatic carbocycles. The summed E-state index contributed by atoms with van der Waals surface area (Å²) < 4.78 is 0. The van der Waals surface area contributed by atoms with Gasteiger partial charge in [0.05, 0.1) is 6.04 Å². The van der Waals surface area contributed by atoms with Crippen LogP contribution in [0.3, 0.4) is 0 Å². The number of hydrogen-bond acceptors (Lipinski definition) is 3. The third-order valence-corrected chi connectivity index (χ3v) is 2.28. The highest BCUT2D eigenvalue weighted by Gasteiger charge is 2.15. The molecular formula is C12H17N3O2. The molecule has 92 valence electrons. The fourth-order valence-corrected chi connectivity index (χ4v) is 1.35. The number of rotatable bonds is 4. The molecule has 1 atom stereocenters. The van der Waals surface area contributed by atoms with Gasteiger partial charge in [0.15, 0.2) is 0 Å². The summed E-state index contributed by atoms with van der Waals surface area (Å²) >= 11 is 0. The molecule has 0 saturated heterocycles. The maximum atomic E-state index is 11.5. The summed E-state index contributed by atoms with van der Waals surface area (Å²) in [4.78, 5) is 22.8. The van der Waals surface area contributed by atoms with Crippen LogP contribution in [0.25, 0.3) is 0 Å². The van der Waals surface area contributed by atoms with Gasteiger partial charge in [-0.1, -0.05) is 30.3 Å². The fraction of sp³-hybridized carbons (Fsp3) is 0.333. The van der Waals surface area contributed by atoms with Crippen molar-refractivity contribution < 1.29 is 9.59 Å². The molecule has 0 bridgehead atoms. The summed E-state index contributed by atoms with van der Waals surface area (Å²) in [7, 11) is 0. The molecule has 0 unspecified atom stereocenters. The Bertz CT molecular complexity index is 379. The van der Waals surface area contributed by atoms with E-state index in [9.17, 15) is 9.59 Å². The Morgan fingerprint density at radius 2 is 1.88 bits per heavy atom. The van der Waals surface area contributed by atoms with E-state index in [0.717, 1.165) is 5.56 Å². The molecule has 5 heteroatoms. The van der Waals surface area contributed by atoms with Crippen molar-refractivity contribution in [3.8, 4) is 0 Å². The molecule has 1 rings (SSSR count). The summed E-state index contributed by atoms with van der Waals surface area (Å²) in [6, 6.07) is 9.24. The zero-order valence-corrected chi connectivity index (χ0v) is 9.77. The molecule has 5 nitrogen and oxygen atoms in total. The molecule has 1 aromatic rings. The van der Waals surface area contributed by atoms with Gasteiger partial charge in [-0.15, -0.1) is 0 Å². The molecule has 0 heterocycles. The van der Waals surface area contributed by atoms with Gasteiger partial charge in [-0.2, -0.15) is 0 Å². The van der Waals surface area contributed by atoms with Crippen molar-refractivity contribution in [3.05, 3.63) is 35.9 Å². The number of nitrogens with two attached hydrogens (primary N) is 1. The highest BCUT2D eigenvalue weighted by Crippen LogP contribution is 2.10. The Labute approximate surface area is 100 Å². The van der Waals surface area contributed by atoms with Crippen LogP contribution < -0.4 is 16.4 Å². The third kappa shape index (κ3) is 4.24. The maximum absolute atomic E-state index is 11.5. The van der Waals surface area contributed by atoms with Crippen LogP contribution in [-0.4, -0.2) is 24.9 Å². The lowest BCUT2D eigenvalue weighted by Crippen LogP contribution is -2.42. The van der Waals surface area contributed by atoms with Gasteiger partial charge in [-0.25, -0.2) is 0 Å². The molecule has 0 aromatic heterocycles. The third-order valence-electron chi connectivity index (χ3n) is 2.28. The maximum Gasteiger partial charge on any atom is 0.309 e. The lowest BCUT2D eigenvalue weighted by molar-refractivity contribution is -0.139. The van der Waals surface area contributed by atoms with Crippen molar-refractivity contribution in [1.29, 1.82) is 0 Å². The van der Waals surface area contributed by atoms with Crippen molar-refractivity contribution >= 4 is 11.8 Å². The van der Waals surface area contributed by atoms with E-state index in [1.807, 2.05) is 37.3 Å². The highest BCUT2D eigenvalue weighted by molar-refractivity contribution is 6.35. The lowest BCUT2D eigenvalue weighted by atomic mass is 10.1. The molecular weight excluding hydrogens is 218 g/mol. The van der Waals surface area contributed by atoms with Gasteiger partial charge in [0.25, 0.3) is 0 Å². The van der Waals surface area contributed by atoms with E-state index < -0.39 is 11.8 Å². The Morgan fingerprint density at radius 1 is 1.24 bits per heavy atom. The minimum absolute atomic E-state index is 0.202. The number of amides is 2. The molecule has 0 saturated carbocycles. The SMILES string of the molecule is C[C@@H](NC(=O)C(=O)NCCN)c1ccccc1. The van der Waals surface area contributed by atoms with Crippen LogP contribution in [0.5, 0.6) is 0 Å². The van der Waals surface area contributed by atoms with Crippen LogP contribution >= 0.6 is 0 Å². The van der Waals surface area contributed by atoms with E-state index in [2.05, 4.69) is 10.6 Å². The molecule has 0 aliphatic rings. The number of carbonyl (C=O) groups excluding carboxylic acids is 2. The van der Waals surface area contributed by atoms with Crippen molar-refractivity contribution in [2.24, 2.45) is 5.73 Å². The summed E-state index contributed by atoms with van der Waals surface area (Å²) in [5.41, 5.74) is 6.17. The molecule has 0 aliphatic heterocycles. The van der Waals surface area contributed by atoms with Gasteiger partial charge in [0.2, 0.25) is 0 Å². The first-order chi connectivity index (χ1) is 8.15. The smallest absolute Gasteiger partial charge is 0.309 e. The van der Waals surface area contributed by atoms with Crippen LogP contribution in [-0.2, 0) is 9.59 Å². The van der Waals surface area contributed by atoms with Gasteiger partial charge in [-0.05, 0) is 12.5 Å². The van der Waals surface area contributed by atoms with E-state index >= 15 is 0 Å². The first kappa shape index (κ1) is 13.2. The topological polar surface area (TPSA) is 84.2 Å². The second-order valence-corrected chi connectivity index (χ2v) is 3.65. The summed E-state index contributed by atoms with van der Waals surface area (Å²) in [6.07, 6.45) is 0. The molecule has 4 N–H and O–H groups in total. The van der Waals surface area contributed by atoms with Gasteiger partial charge in [-0.3, -0.25) is 9.59 Å². The Kier molecular flexibility index (Phi) is 5.16. The minimum atomic E-state index is -0.654. The number of nitrogens with one attached hydrogen (secondary N) is 2. The number of benzene rings is 1. The highest BCUT2D eigenvalue weighted by atomic mass is 16.2. The first-order valence-corrected chi connectivity index (χ1v) is 5.49. The standard InChI is InChI=1S/C12H17N3O2/c1-9(10-5-3-2-4-6-10)15-12(17)11(16)14-8-7-13/h2-6,9H,7-8,13H2,1H3,(H,14,16)(H,15,17)/t9-/m1/s1. The number of hydrogen-bond donors (Lipinski definition) is 3. The van der Waals surface area contributed by atoms with Crippen molar-refractivity contribution in [3.63, 3.8) is 0 Å². The van der Waals surface area contributed by atoms with Crippen molar-refractivity contribution in [2.45, 2.75) is 13.0 Å². The second-order valence-electron chi connectivity index (χ2n) is 3.65. The van der Waals surface area contributed by atoms with Gasteiger partial charge in [0, 0.05) is 13.1 Å². The monoisotopic (exact) mass is 235 g/mol. The predicted octanol–water partition coefficient (Wildman–Crippen LogP) is -0.0613. The minimum Gasteiger partial charge on any atom is -0.347 e. The van der Waals surface area contributed by atoms with Gasteiger partial charge < -0.3 is 16.4 Å². The average Bonchev–Trinajstić information content (AvgIpc) is 2.36. The molecule has 0 fully saturated rings. The molecule has 2 amide bonds. The van der Waals surface area contributed by atoms with E-state index in [0.29, 0.717) is 13.1 Å². The summed E-state index contributed by atoms with van der Waals surface area (Å²) in [5.74, 6) is -1.30. The van der Waals surface area contributed by atoms with E-state index in [1.165, 1.54) is 0 Å². The zero-order chi connectivity index (χ0) is 12.7. The molecule has 0 spiro atoms. The van der Waals surface area contributed by atoms with E-state index in [1.54, 1.807) is 0 Å². The van der Waals surface area contributed by atoms with Crippen LogP contribution in [0.1, 0.15) is 18.5 Å². The Balaban J connectivity index is 2.49. The van der Waals surface area contributed by atoms with E-state index in [4.69, 9.17) is 5.73 Å². The Morgan fingerprint density at radius 3 is 2.47 bits per heavy atom. The molecule has 17 heavy (non-hydrogen) atoms. The largest absolute Gasteiger partial charge is 0.347 e. The first-order valence-electron chi connectivity index (χ1n) is 5.49. The Hall–Kier alpha value is -1.88. The number of carbonyl (C=O) groups is 2. The van der Waals surface area contributed by atoms with E-state index in [-0.39, 0.29) is 6.04 Å². The van der Waals surface area contributed by atoms with Crippen molar-refractivity contribution in [1.82, 2.24) is 10.6 Å². The predicted molar refractivity (Wildman–Crippen MR) is 65.1 cm³/mol. The lowest BCUT2D eigenvalue weighted by Gasteiger charge is -2.13. The normalized spacial score (nSPS) is 11.6. The van der Waals surface area contributed by atoms with Crippen LogP contribution in [0.2, 0.25) is 0 Å². The van der Waals surface area contributed by atoms with Crippen LogP contribution in [0.15, 0.2) is 30.3 Å². The molecule has 1 aromatic carbocycles. The molecule has 0 radical (unpaired) electrons. The summed E-state index contributed by atoms with van der Waals surface area (Å²) in [6.45, 7) is 2.43. The van der Waals surface area contributed by atoms with Gasteiger partial charge in [0.1, 0.15) is 0 Å². The van der Waals surface area contributed by atoms with Crippen LogP contribution in [0.4, 0.5) is 0 Å². The van der Waals surface area contributed by atoms with Gasteiger partial charge >= 0.3 is 11.8 Å². The summed E-state index contributed by atoms with van der Waals surface area (Å²) in [5, 5.41) is 5.03. The van der Waals surface area contributed by atoms with Crippen LogP contribution in [0, 0.1) is 0 Å². The van der Waals surface area contributed by atoms with Crippen molar-refractivity contribution in [2.75, 3.05) is 13.1 Å². The quantitative estimate of drug-likeness (QED) is 0.639. The zero-order valence-electron chi connectivity index (χ0n) is 9.77.